The SMILES string of the molecule is Cc1cccc(-c2ccc(OC34COP(=O)(OC3)OC4)cc2)c1. The highest BCUT2D eigenvalue weighted by atomic mass is 31.2. The van der Waals surface area contributed by atoms with Gasteiger partial charge in [-0.25, -0.2) is 4.57 Å². The average Bonchev–Trinajstić information content (AvgIpc) is 2.57. The van der Waals surface area contributed by atoms with E-state index in [9.17, 15) is 4.57 Å². The van der Waals surface area contributed by atoms with Crippen molar-refractivity contribution in [2.75, 3.05) is 19.8 Å². The number of hydrogen-bond donors (Lipinski definition) is 0. The minimum absolute atomic E-state index is 0.212. The second-order valence-corrected chi connectivity index (χ2v) is 7.62. The van der Waals surface area contributed by atoms with Crippen LogP contribution in [0.3, 0.4) is 0 Å². The van der Waals surface area contributed by atoms with Gasteiger partial charge in [0, 0.05) is 0 Å². The van der Waals surface area contributed by atoms with E-state index in [1.54, 1.807) is 0 Å². The number of fused-ring (bicyclic) bond motifs is 3. The zero-order chi connectivity index (χ0) is 15.9. The topological polar surface area (TPSA) is 54.0 Å². The molecule has 5 rings (SSSR count). The maximum absolute atomic E-state index is 11.7. The van der Waals surface area contributed by atoms with Crippen LogP contribution in [-0.4, -0.2) is 25.4 Å². The van der Waals surface area contributed by atoms with E-state index in [-0.39, 0.29) is 19.8 Å². The van der Waals surface area contributed by atoms with Gasteiger partial charge in [-0.15, -0.1) is 0 Å². The van der Waals surface area contributed by atoms with Crippen LogP contribution in [0.25, 0.3) is 11.1 Å². The maximum Gasteiger partial charge on any atom is 0.475 e. The van der Waals surface area contributed by atoms with Crippen molar-refractivity contribution in [1.29, 1.82) is 0 Å². The first kappa shape index (κ1) is 14.9. The average molecular weight is 332 g/mol. The Morgan fingerprint density at radius 2 is 1.61 bits per heavy atom. The van der Waals surface area contributed by atoms with Crippen LogP contribution in [0.1, 0.15) is 5.56 Å². The minimum Gasteiger partial charge on any atom is -0.480 e. The summed E-state index contributed by atoms with van der Waals surface area (Å²) < 4.78 is 33.1. The highest BCUT2D eigenvalue weighted by Crippen LogP contribution is 2.58. The van der Waals surface area contributed by atoms with Crippen LogP contribution < -0.4 is 4.74 Å². The van der Waals surface area contributed by atoms with Crippen LogP contribution in [0.15, 0.2) is 48.5 Å². The van der Waals surface area contributed by atoms with E-state index in [4.69, 9.17) is 18.3 Å². The second kappa shape index (κ2) is 5.46. The Morgan fingerprint density at radius 1 is 0.957 bits per heavy atom. The molecule has 0 amide bonds. The molecule has 2 aromatic rings. The first-order chi connectivity index (χ1) is 11.1. The van der Waals surface area contributed by atoms with Gasteiger partial charge in [-0.2, -0.15) is 0 Å². The normalized spacial score (nSPS) is 29.4. The Kier molecular flexibility index (Phi) is 3.54. The fourth-order valence-corrected chi connectivity index (χ4v) is 4.11. The molecule has 3 aliphatic heterocycles. The smallest absolute Gasteiger partial charge is 0.475 e. The summed E-state index contributed by atoms with van der Waals surface area (Å²) in [5, 5.41) is 0. The molecular formula is C17H17O5P. The van der Waals surface area contributed by atoms with Gasteiger partial charge in [0.05, 0.1) is 0 Å². The molecule has 3 heterocycles. The summed E-state index contributed by atoms with van der Waals surface area (Å²) in [6, 6.07) is 16.2. The maximum atomic E-state index is 11.7. The Hall–Kier alpha value is -1.65. The number of benzene rings is 2. The molecule has 2 aromatic carbocycles. The molecule has 3 aliphatic rings. The number of ether oxygens (including phenoxy) is 1. The number of rotatable bonds is 3. The van der Waals surface area contributed by atoms with Crippen LogP contribution in [0, 0.1) is 6.92 Å². The largest absolute Gasteiger partial charge is 0.480 e. The summed E-state index contributed by atoms with van der Waals surface area (Å²) in [6.45, 7) is 2.71. The lowest BCUT2D eigenvalue weighted by molar-refractivity contribution is -0.137. The summed E-state index contributed by atoms with van der Waals surface area (Å²) >= 11 is 0. The zero-order valence-corrected chi connectivity index (χ0v) is 13.6. The van der Waals surface area contributed by atoms with Crippen molar-refractivity contribution in [1.82, 2.24) is 0 Å². The first-order valence-electron chi connectivity index (χ1n) is 7.46. The molecule has 0 spiro atoms. The third kappa shape index (κ3) is 2.93. The number of phosphoric acid groups is 1. The van der Waals surface area contributed by atoms with Gasteiger partial charge in [-0.05, 0) is 30.2 Å². The van der Waals surface area contributed by atoms with Gasteiger partial charge in [0.15, 0.2) is 5.60 Å². The van der Waals surface area contributed by atoms with E-state index in [1.165, 1.54) is 11.1 Å². The third-order valence-electron chi connectivity index (χ3n) is 4.00. The Morgan fingerprint density at radius 3 is 2.22 bits per heavy atom. The van der Waals surface area contributed by atoms with Crippen molar-refractivity contribution in [3.05, 3.63) is 54.1 Å². The highest BCUT2D eigenvalue weighted by molar-refractivity contribution is 7.48. The van der Waals surface area contributed by atoms with Crippen molar-refractivity contribution in [2.24, 2.45) is 0 Å². The standard InChI is InChI=1S/C17H17O5P/c1-13-3-2-4-15(9-13)14-5-7-16(8-6-14)22-17-10-19-23(18,20-11-17)21-12-17/h2-9H,10-12H2,1H3. The lowest BCUT2D eigenvalue weighted by Crippen LogP contribution is -2.55. The van der Waals surface area contributed by atoms with Crippen LogP contribution >= 0.6 is 7.82 Å². The number of aryl methyl sites for hydroxylation is 1. The van der Waals surface area contributed by atoms with Crippen molar-refractivity contribution < 1.29 is 22.9 Å². The van der Waals surface area contributed by atoms with Crippen molar-refractivity contribution in [3.8, 4) is 16.9 Å². The monoisotopic (exact) mass is 332 g/mol. The lowest BCUT2D eigenvalue weighted by atomic mass is 10.0. The predicted octanol–water partition coefficient (Wildman–Crippen LogP) is 3.96. The van der Waals surface area contributed by atoms with Crippen LogP contribution in [-0.2, 0) is 18.1 Å². The van der Waals surface area contributed by atoms with Crippen LogP contribution in [0.5, 0.6) is 5.75 Å². The molecule has 120 valence electrons. The van der Waals surface area contributed by atoms with Crippen molar-refractivity contribution in [3.63, 3.8) is 0 Å². The summed E-state index contributed by atoms with van der Waals surface area (Å²) in [4.78, 5) is 0. The van der Waals surface area contributed by atoms with Crippen molar-refractivity contribution in [2.45, 2.75) is 12.5 Å². The van der Waals surface area contributed by atoms with E-state index < -0.39 is 13.4 Å². The molecule has 3 fully saturated rings. The molecule has 0 aliphatic carbocycles. The van der Waals surface area contributed by atoms with Gasteiger partial charge in [-0.1, -0.05) is 42.0 Å². The molecule has 0 radical (unpaired) electrons. The molecule has 0 unspecified atom stereocenters. The molecule has 0 atom stereocenters. The van der Waals surface area contributed by atoms with Gasteiger partial charge in [-0.3, -0.25) is 13.6 Å². The number of phosphoric ester groups is 1. The highest BCUT2D eigenvalue weighted by Gasteiger charge is 2.52. The molecule has 0 N–H and O–H groups in total. The second-order valence-electron chi connectivity index (χ2n) is 5.95. The van der Waals surface area contributed by atoms with Gasteiger partial charge < -0.3 is 4.74 Å². The fourth-order valence-electron chi connectivity index (χ4n) is 2.71. The summed E-state index contributed by atoms with van der Waals surface area (Å²) in [5.74, 6) is 0.704. The van der Waals surface area contributed by atoms with Gasteiger partial charge in [0.1, 0.15) is 25.6 Å². The molecule has 5 nitrogen and oxygen atoms in total. The quantitative estimate of drug-likeness (QED) is 0.796. The Labute approximate surface area is 134 Å². The lowest BCUT2D eigenvalue weighted by Gasteiger charge is -2.43. The van der Waals surface area contributed by atoms with Crippen molar-refractivity contribution >= 4 is 7.82 Å². The molecule has 6 heteroatoms. The molecule has 0 saturated carbocycles. The molecule has 2 bridgehead atoms. The fraction of sp³-hybridized carbons (Fsp3) is 0.294. The van der Waals surface area contributed by atoms with Gasteiger partial charge in [0.2, 0.25) is 0 Å². The Balaban J connectivity index is 1.52. The summed E-state index contributed by atoms with van der Waals surface area (Å²) in [5.41, 5.74) is 2.79. The minimum atomic E-state index is -3.31. The van der Waals surface area contributed by atoms with E-state index in [0.29, 0.717) is 5.75 Å². The molecule has 3 saturated heterocycles. The van der Waals surface area contributed by atoms with E-state index in [0.717, 1.165) is 5.56 Å². The Bertz CT molecular complexity index is 740. The third-order valence-corrected chi connectivity index (χ3v) is 5.33. The van der Waals surface area contributed by atoms with Crippen LogP contribution in [0.4, 0.5) is 0 Å². The summed E-state index contributed by atoms with van der Waals surface area (Å²) in [7, 11) is -3.31. The zero-order valence-electron chi connectivity index (χ0n) is 12.7. The van der Waals surface area contributed by atoms with Gasteiger partial charge >= 0.3 is 7.82 Å². The molecule has 0 aromatic heterocycles. The molecular weight excluding hydrogens is 315 g/mol. The van der Waals surface area contributed by atoms with Crippen LogP contribution in [0.2, 0.25) is 0 Å². The summed E-state index contributed by atoms with van der Waals surface area (Å²) in [6.07, 6.45) is 0. The van der Waals surface area contributed by atoms with Gasteiger partial charge in [0.25, 0.3) is 0 Å². The molecule has 23 heavy (non-hydrogen) atoms. The number of hydrogen-bond acceptors (Lipinski definition) is 5. The van der Waals surface area contributed by atoms with E-state index >= 15 is 0 Å². The van der Waals surface area contributed by atoms with E-state index in [2.05, 4.69) is 25.1 Å². The first-order valence-corrected chi connectivity index (χ1v) is 8.92. The van der Waals surface area contributed by atoms with E-state index in [1.807, 2.05) is 30.3 Å². The predicted molar refractivity (Wildman–Crippen MR) is 85.4 cm³/mol.